The van der Waals surface area contributed by atoms with Crippen molar-refractivity contribution in [1.82, 2.24) is 9.78 Å². The van der Waals surface area contributed by atoms with Crippen LogP contribution in [-0.4, -0.2) is 22.2 Å². The van der Waals surface area contributed by atoms with Gasteiger partial charge in [-0.05, 0) is 45.1 Å². The number of nitrogens with two attached hydrogens (primary N) is 1. The Morgan fingerprint density at radius 1 is 1.50 bits per heavy atom. The summed E-state index contributed by atoms with van der Waals surface area (Å²) in [7, 11) is 1.86. The van der Waals surface area contributed by atoms with Crippen LogP contribution in [-0.2, 0) is 11.8 Å². The lowest BCUT2D eigenvalue weighted by atomic mass is 9.81. The third-order valence-corrected chi connectivity index (χ3v) is 3.82. The van der Waals surface area contributed by atoms with Gasteiger partial charge in [0.2, 0.25) is 5.91 Å². The van der Waals surface area contributed by atoms with Gasteiger partial charge in [0.05, 0.1) is 11.4 Å². The van der Waals surface area contributed by atoms with Crippen LogP contribution in [0.5, 0.6) is 0 Å². The van der Waals surface area contributed by atoms with Crippen LogP contribution in [0, 0.1) is 18.8 Å². The lowest BCUT2D eigenvalue weighted by Gasteiger charge is -2.26. The number of carbonyl (C=O) groups is 1. The van der Waals surface area contributed by atoms with Gasteiger partial charge in [-0.1, -0.05) is 0 Å². The van der Waals surface area contributed by atoms with E-state index in [2.05, 4.69) is 10.4 Å². The van der Waals surface area contributed by atoms with Crippen LogP contribution < -0.4 is 11.1 Å². The van der Waals surface area contributed by atoms with Crippen LogP contribution in [0.3, 0.4) is 0 Å². The minimum Gasteiger partial charge on any atom is -0.330 e. The Bertz CT molecular complexity index is 419. The van der Waals surface area contributed by atoms with Crippen LogP contribution in [0.4, 0.5) is 5.69 Å². The lowest BCUT2D eigenvalue weighted by molar-refractivity contribution is -0.121. The maximum Gasteiger partial charge on any atom is 0.227 e. The molecule has 2 rings (SSSR count). The van der Waals surface area contributed by atoms with Gasteiger partial charge in [-0.3, -0.25) is 9.48 Å². The minimum atomic E-state index is 0.126. The maximum absolute atomic E-state index is 12.1. The molecule has 5 nitrogen and oxygen atoms in total. The number of amides is 1. The molecule has 1 fully saturated rings. The van der Waals surface area contributed by atoms with E-state index < -0.39 is 0 Å². The Kier molecular flexibility index (Phi) is 4.01. The predicted molar refractivity (Wildman–Crippen MR) is 71.1 cm³/mol. The summed E-state index contributed by atoms with van der Waals surface area (Å²) >= 11 is 0. The summed E-state index contributed by atoms with van der Waals surface area (Å²) < 4.78 is 1.72. The van der Waals surface area contributed by atoms with Crippen LogP contribution in [0.1, 0.15) is 31.4 Å². The Labute approximate surface area is 108 Å². The molecule has 0 unspecified atom stereocenters. The highest BCUT2D eigenvalue weighted by Gasteiger charge is 2.26. The van der Waals surface area contributed by atoms with Crippen molar-refractivity contribution in [2.24, 2.45) is 24.6 Å². The van der Waals surface area contributed by atoms with Crippen LogP contribution in [0.15, 0.2) is 6.20 Å². The van der Waals surface area contributed by atoms with E-state index in [0.29, 0.717) is 5.92 Å². The monoisotopic (exact) mass is 250 g/mol. The molecule has 1 aromatic heterocycles. The standard InChI is InChI=1S/C13H22N4O/c1-9-12(8-17(2)16-9)15-13(18)11-5-3-10(7-14)4-6-11/h8,10-11H,3-7,14H2,1-2H3,(H,15,18). The first-order valence-electron chi connectivity index (χ1n) is 6.61. The molecule has 0 saturated heterocycles. The number of anilines is 1. The molecule has 1 aliphatic rings. The summed E-state index contributed by atoms with van der Waals surface area (Å²) in [5.74, 6) is 0.864. The summed E-state index contributed by atoms with van der Waals surface area (Å²) in [4.78, 5) is 12.1. The highest BCUT2D eigenvalue weighted by molar-refractivity contribution is 5.92. The third kappa shape index (κ3) is 2.90. The predicted octanol–water partition coefficient (Wildman–Crippen LogP) is 1.43. The van der Waals surface area contributed by atoms with E-state index in [0.717, 1.165) is 43.6 Å². The van der Waals surface area contributed by atoms with Gasteiger partial charge in [-0.2, -0.15) is 5.10 Å². The average molecular weight is 250 g/mol. The number of nitrogens with one attached hydrogen (secondary N) is 1. The second-order valence-electron chi connectivity index (χ2n) is 5.24. The Morgan fingerprint density at radius 3 is 2.67 bits per heavy atom. The zero-order valence-corrected chi connectivity index (χ0v) is 11.1. The first kappa shape index (κ1) is 13.1. The molecule has 0 aliphatic heterocycles. The highest BCUT2D eigenvalue weighted by atomic mass is 16.1. The molecule has 3 N–H and O–H groups in total. The first-order valence-corrected chi connectivity index (χ1v) is 6.61. The van der Waals surface area contributed by atoms with Crippen LogP contribution >= 0.6 is 0 Å². The topological polar surface area (TPSA) is 72.9 Å². The number of aryl methyl sites for hydroxylation is 2. The molecule has 18 heavy (non-hydrogen) atoms. The lowest BCUT2D eigenvalue weighted by Crippen LogP contribution is -2.29. The second-order valence-corrected chi connectivity index (χ2v) is 5.24. The molecule has 1 heterocycles. The summed E-state index contributed by atoms with van der Waals surface area (Å²) in [5.41, 5.74) is 7.34. The summed E-state index contributed by atoms with van der Waals surface area (Å²) in [5, 5.41) is 7.20. The summed E-state index contributed by atoms with van der Waals surface area (Å²) in [6, 6.07) is 0. The molecule has 0 spiro atoms. The van der Waals surface area contributed by atoms with Gasteiger partial charge in [0.25, 0.3) is 0 Å². The van der Waals surface area contributed by atoms with Crippen molar-refractivity contribution in [3.63, 3.8) is 0 Å². The molecule has 1 saturated carbocycles. The van der Waals surface area contributed by atoms with Crippen molar-refractivity contribution < 1.29 is 4.79 Å². The number of aromatic nitrogens is 2. The molecular formula is C13H22N4O. The van der Waals surface area contributed by atoms with Crippen molar-refractivity contribution in [2.75, 3.05) is 11.9 Å². The molecule has 1 aliphatic carbocycles. The largest absolute Gasteiger partial charge is 0.330 e. The normalized spacial score (nSPS) is 23.9. The van der Waals surface area contributed by atoms with Crippen LogP contribution in [0.25, 0.3) is 0 Å². The molecule has 0 radical (unpaired) electrons. The fraction of sp³-hybridized carbons (Fsp3) is 0.692. The third-order valence-electron chi connectivity index (χ3n) is 3.82. The Balaban J connectivity index is 1.91. The van der Waals surface area contributed by atoms with Gasteiger partial charge in [-0.25, -0.2) is 0 Å². The van der Waals surface area contributed by atoms with E-state index in [4.69, 9.17) is 5.73 Å². The fourth-order valence-electron chi connectivity index (χ4n) is 2.62. The van der Waals surface area contributed by atoms with Gasteiger partial charge in [0, 0.05) is 19.2 Å². The minimum absolute atomic E-state index is 0.126. The molecule has 0 bridgehead atoms. The summed E-state index contributed by atoms with van der Waals surface area (Å²) in [6.45, 7) is 2.65. The maximum atomic E-state index is 12.1. The van der Waals surface area contributed by atoms with Crippen molar-refractivity contribution in [1.29, 1.82) is 0 Å². The van der Waals surface area contributed by atoms with Gasteiger partial charge in [0.1, 0.15) is 0 Å². The van der Waals surface area contributed by atoms with E-state index in [1.807, 2.05) is 20.2 Å². The average Bonchev–Trinajstić information content (AvgIpc) is 2.68. The fourth-order valence-corrected chi connectivity index (χ4v) is 2.62. The van der Waals surface area contributed by atoms with Crippen molar-refractivity contribution >= 4 is 11.6 Å². The number of hydrogen-bond donors (Lipinski definition) is 2. The van der Waals surface area contributed by atoms with E-state index in [1.165, 1.54) is 0 Å². The smallest absolute Gasteiger partial charge is 0.227 e. The number of carbonyl (C=O) groups excluding carboxylic acids is 1. The van der Waals surface area contributed by atoms with E-state index in [1.54, 1.807) is 4.68 Å². The molecule has 1 aromatic rings. The SMILES string of the molecule is Cc1nn(C)cc1NC(=O)C1CCC(CN)CC1. The highest BCUT2D eigenvalue weighted by Crippen LogP contribution is 2.29. The van der Waals surface area contributed by atoms with Crippen LogP contribution in [0.2, 0.25) is 0 Å². The number of hydrogen-bond acceptors (Lipinski definition) is 3. The second kappa shape index (κ2) is 5.52. The van der Waals surface area contributed by atoms with E-state index in [-0.39, 0.29) is 11.8 Å². The van der Waals surface area contributed by atoms with Gasteiger partial charge in [-0.15, -0.1) is 0 Å². The van der Waals surface area contributed by atoms with Gasteiger partial charge in [0.15, 0.2) is 0 Å². The molecule has 100 valence electrons. The Hall–Kier alpha value is -1.36. The van der Waals surface area contributed by atoms with E-state index in [9.17, 15) is 4.79 Å². The van der Waals surface area contributed by atoms with Gasteiger partial charge < -0.3 is 11.1 Å². The Morgan fingerprint density at radius 2 is 2.17 bits per heavy atom. The van der Waals surface area contributed by atoms with Crippen molar-refractivity contribution in [2.45, 2.75) is 32.6 Å². The zero-order valence-electron chi connectivity index (χ0n) is 11.1. The molecule has 0 aromatic carbocycles. The summed E-state index contributed by atoms with van der Waals surface area (Å²) in [6.07, 6.45) is 5.89. The number of nitrogens with zero attached hydrogens (tertiary/aromatic N) is 2. The van der Waals surface area contributed by atoms with Crippen molar-refractivity contribution in [3.8, 4) is 0 Å². The molecular weight excluding hydrogens is 228 g/mol. The quantitative estimate of drug-likeness (QED) is 0.852. The first-order chi connectivity index (χ1) is 8.60. The zero-order chi connectivity index (χ0) is 13.1. The number of rotatable bonds is 3. The molecule has 1 amide bonds. The van der Waals surface area contributed by atoms with Crippen molar-refractivity contribution in [3.05, 3.63) is 11.9 Å². The van der Waals surface area contributed by atoms with Gasteiger partial charge >= 0.3 is 0 Å². The molecule has 0 atom stereocenters. The molecule has 5 heteroatoms. The van der Waals surface area contributed by atoms with E-state index >= 15 is 0 Å².